The summed E-state index contributed by atoms with van der Waals surface area (Å²) in [6, 6.07) is 3.62. The molecule has 1 aromatic heterocycles. The van der Waals surface area contributed by atoms with Crippen molar-refractivity contribution in [3.63, 3.8) is 0 Å². The minimum Gasteiger partial charge on any atom is -0.378 e. The zero-order valence-electron chi connectivity index (χ0n) is 11.1. The third-order valence-electron chi connectivity index (χ3n) is 3.79. The highest BCUT2D eigenvalue weighted by molar-refractivity contribution is 5.94. The normalized spacial score (nSPS) is 25.3. The molecule has 4 nitrogen and oxygen atoms in total. The van der Waals surface area contributed by atoms with Gasteiger partial charge in [0.1, 0.15) is 0 Å². The van der Waals surface area contributed by atoms with E-state index in [1.807, 2.05) is 6.92 Å². The van der Waals surface area contributed by atoms with E-state index < -0.39 is 0 Å². The fourth-order valence-electron chi connectivity index (χ4n) is 2.36. The molecule has 0 spiro atoms. The monoisotopic (exact) mass is 248 g/mol. The Morgan fingerprint density at radius 1 is 1.50 bits per heavy atom. The smallest absolute Gasteiger partial charge is 0.251 e. The summed E-state index contributed by atoms with van der Waals surface area (Å²) in [5.74, 6) is -0.0366. The quantitative estimate of drug-likeness (QED) is 0.886. The minimum atomic E-state index is -0.0366. The number of carbonyl (C=O) groups is 1. The lowest BCUT2D eigenvalue weighted by molar-refractivity contribution is -0.111. The third-order valence-corrected chi connectivity index (χ3v) is 3.79. The van der Waals surface area contributed by atoms with Crippen LogP contribution in [0.25, 0.3) is 0 Å². The number of carbonyl (C=O) groups excluding carboxylic acids is 1. The van der Waals surface area contributed by atoms with Crippen LogP contribution in [-0.4, -0.2) is 29.6 Å². The van der Waals surface area contributed by atoms with Crippen LogP contribution in [0.3, 0.4) is 0 Å². The number of hydrogen-bond acceptors (Lipinski definition) is 3. The van der Waals surface area contributed by atoms with Crippen LogP contribution in [0.4, 0.5) is 0 Å². The molecule has 0 radical (unpaired) electrons. The molecule has 1 amide bonds. The Hall–Kier alpha value is -1.42. The summed E-state index contributed by atoms with van der Waals surface area (Å²) in [6.07, 6.45) is 4.39. The van der Waals surface area contributed by atoms with Crippen molar-refractivity contribution >= 4 is 5.91 Å². The van der Waals surface area contributed by atoms with Crippen molar-refractivity contribution in [2.24, 2.45) is 5.41 Å². The molecular formula is C14H20N2O2. The number of ether oxygens (including phenoxy) is 1. The molecule has 18 heavy (non-hydrogen) atoms. The minimum absolute atomic E-state index is 0.00129. The van der Waals surface area contributed by atoms with Crippen LogP contribution >= 0.6 is 0 Å². The zero-order chi connectivity index (χ0) is 13.2. The molecule has 1 heterocycles. The van der Waals surface area contributed by atoms with Crippen LogP contribution in [0.1, 0.15) is 37.6 Å². The maximum Gasteiger partial charge on any atom is 0.251 e. The summed E-state index contributed by atoms with van der Waals surface area (Å²) in [4.78, 5) is 15.9. The van der Waals surface area contributed by atoms with Crippen molar-refractivity contribution in [3.8, 4) is 0 Å². The number of amides is 1. The van der Waals surface area contributed by atoms with Gasteiger partial charge < -0.3 is 10.1 Å². The van der Waals surface area contributed by atoms with Crippen LogP contribution in [0.15, 0.2) is 24.5 Å². The van der Waals surface area contributed by atoms with Gasteiger partial charge in [-0.05, 0) is 25.5 Å². The highest BCUT2D eigenvalue weighted by Crippen LogP contribution is 2.42. The van der Waals surface area contributed by atoms with Crippen LogP contribution in [0, 0.1) is 5.41 Å². The van der Waals surface area contributed by atoms with Crippen molar-refractivity contribution in [1.82, 2.24) is 10.3 Å². The van der Waals surface area contributed by atoms with Gasteiger partial charge in [-0.25, -0.2) is 0 Å². The van der Waals surface area contributed by atoms with Crippen LogP contribution < -0.4 is 5.32 Å². The van der Waals surface area contributed by atoms with Crippen LogP contribution in [-0.2, 0) is 4.74 Å². The molecule has 2 unspecified atom stereocenters. The molecule has 1 saturated carbocycles. The van der Waals surface area contributed by atoms with Gasteiger partial charge in [-0.1, -0.05) is 13.8 Å². The summed E-state index contributed by atoms with van der Waals surface area (Å²) in [5.41, 5.74) is 0.652. The fourth-order valence-corrected chi connectivity index (χ4v) is 2.36. The van der Waals surface area contributed by atoms with E-state index in [9.17, 15) is 4.79 Å². The van der Waals surface area contributed by atoms with Crippen molar-refractivity contribution in [3.05, 3.63) is 30.1 Å². The Labute approximate surface area is 108 Å². The van der Waals surface area contributed by atoms with E-state index >= 15 is 0 Å². The molecule has 0 bridgehead atoms. The van der Waals surface area contributed by atoms with Crippen molar-refractivity contribution in [1.29, 1.82) is 0 Å². The number of hydrogen-bond donors (Lipinski definition) is 1. The van der Waals surface area contributed by atoms with Crippen LogP contribution in [0.2, 0.25) is 0 Å². The number of pyridine rings is 1. The first-order valence-corrected chi connectivity index (χ1v) is 6.38. The van der Waals surface area contributed by atoms with Gasteiger partial charge in [0.25, 0.3) is 5.91 Å². The predicted octanol–water partition coefficient (Wildman–Crippen LogP) is 2.02. The second-order valence-electron chi connectivity index (χ2n) is 5.26. The largest absolute Gasteiger partial charge is 0.378 e. The Bertz CT molecular complexity index is 417. The van der Waals surface area contributed by atoms with Crippen molar-refractivity contribution in [2.45, 2.75) is 39.3 Å². The zero-order valence-corrected chi connectivity index (χ0v) is 11.1. The summed E-state index contributed by atoms with van der Waals surface area (Å²) in [7, 11) is 0. The van der Waals surface area contributed by atoms with E-state index in [1.165, 1.54) is 0 Å². The lowest BCUT2D eigenvalue weighted by Gasteiger charge is -2.51. The first-order valence-electron chi connectivity index (χ1n) is 6.38. The van der Waals surface area contributed by atoms with Gasteiger partial charge in [0.05, 0.1) is 6.10 Å². The van der Waals surface area contributed by atoms with E-state index in [1.54, 1.807) is 24.5 Å². The summed E-state index contributed by atoms with van der Waals surface area (Å²) < 4.78 is 5.65. The highest BCUT2D eigenvalue weighted by Gasteiger charge is 2.49. The Morgan fingerprint density at radius 3 is 2.72 bits per heavy atom. The van der Waals surface area contributed by atoms with Gasteiger partial charge in [0.15, 0.2) is 0 Å². The number of nitrogens with zero attached hydrogens (tertiary/aromatic N) is 1. The molecule has 0 aromatic carbocycles. The molecule has 0 aliphatic heterocycles. The maximum absolute atomic E-state index is 12.0. The number of nitrogens with one attached hydrogen (secondary N) is 1. The SMILES string of the molecule is CCOC1CC(NC(=O)c2ccncc2)C1(C)C. The standard InChI is InChI=1S/C14H20N2O2/c1-4-18-12-9-11(14(12,2)3)16-13(17)10-5-7-15-8-6-10/h5-8,11-12H,4,9H2,1-3H3,(H,16,17). The van der Waals surface area contributed by atoms with Gasteiger partial charge in [0.2, 0.25) is 0 Å². The molecule has 0 saturated heterocycles. The van der Waals surface area contributed by atoms with E-state index in [0.717, 1.165) is 13.0 Å². The average molecular weight is 248 g/mol. The van der Waals surface area contributed by atoms with Crippen molar-refractivity contribution in [2.75, 3.05) is 6.61 Å². The molecule has 4 heteroatoms. The molecule has 2 rings (SSSR count). The number of rotatable bonds is 4. The Morgan fingerprint density at radius 2 is 2.17 bits per heavy atom. The first kappa shape index (κ1) is 13.0. The van der Waals surface area contributed by atoms with E-state index in [4.69, 9.17) is 4.74 Å². The van der Waals surface area contributed by atoms with Gasteiger partial charge in [-0.3, -0.25) is 9.78 Å². The van der Waals surface area contributed by atoms with Gasteiger partial charge >= 0.3 is 0 Å². The van der Waals surface area contributed by atoms with E-state index in [-0.39, 0.29) is 23.5 Å². The Balaban J connectivity index is 1.94. The lowest BCUT2D eigenvalue weighted by Crippen LogP contribution is -2.62. The second-order valence-corrected chi connectivity index (χ2v) is 5.26. The summed E-state index contributed by atoms with van der Waals surface area (Å²) >= 11 is 0. The van der Waals surface area contributed by atoms with Gasteiger partial charge in [0, 0.05) is 36.0 Å². The Kier molecular flexibility index (Phi) is 3.66. The highest BCUT2D eigenvalue weighted by atomic mass is 16.5. The van der Waals surface area contributed by atoms with E-state index in [0.29, 0.717) is 5.56 Å². The molecule has 1 aromatic rings. The molecule has 1 aliphatic carbocycles. The summed E-state index contributed by atoms with van der Waals surface area (Å²) in [5, 5.41) is 3.06. The fraction of sp³-hybridized carbons (Fsp3) is 0.571. The van der Waals surface area contributed by atoms with Gasteiger partial charge in [-0.2, -0.15) is 0 Å². The topological polar surface area (TPSA) is 51.2 Å². The first-order chi connectivity index (χ1) is 8.55. The number of aromatic nitrogens is 1. The van der Waals surface area contributed by atoms with Crippen LogP contribution in [0.5, 0.6) is 0 Å². The lowest BCUT2D eigenvalue weighted by atomic mass is 9.64. The molecular weight excluding hydrogens is 228 g/mol. The van der Waals surface area contributed by atoms with Crippen molar-refractivity contribution < 1.29 is 9.53 Å². The summed E-state index contributed by atoms with van der Waals surface area (Å²) in [6.45, 7) is 6.99. The molecule has 2 atom stereocenters. The predicted molar refractivity (Wildman–Crippen MR) is 69.3 cm³/mol. The molecule has 1 fully saturated rings. The third kappa shape index (κ3) is 2.38. The van der Waals surface area contributed by atoms with E-state index in [2.05, 4.69) is 24.1 Å². The maximum atomic E-state index is 12.0. The molecule has 1 aliphatic rings. The second kappa shape index (κ2) is 5.06. The average Bonchev–Trinajstić information content (AvgIpc) is 2.38. The molecule has 1 N–H and O–H groups in total. The van der Waals surface area contributed by atoms with Gasteiger partial charge in [-0.15, -0.1) is 0 Å². The molecule has 98 valence electrons.